The highest BCUT2D eigenvalue weighted by Crippen LogP contribution is 2.30. The zero-order valence-electron chi connectivity index (χ0n) is 26.0. The number of fused-ring (bicyclic) bond motifs is 2. The predicted molar refractivity (Wildman–Crippen MR) is 183 cm³/mol. The van der Waals surface area contributed by atoms with Crippen molar-refractivity contribution in [1.29, 1.82) is 0 Å². The molecule has 4 heterocycles. The number of phenols is 1. The first-order chi connectivity index (χ1) is 22.8. The van der Waals surface area contributed by atoms with E-state index in [9.17, 15) is 9.59 Å². The van der Waals surface area contributed by atoms with E-state index in [1.807, 2.05) is 36.4 Å². The van der Waals surface area contributed by atoms with E-state index in [4.69, 9.17) is 14.6 Å². The van der Waals surface area contributed by atoms with Crippen molar-refractivity contribution in [3.8, 4) is 23.0 Å². The summed E-state index contributed by atoms with van der Waals surface area (Å²) in [7, 11) is 3.29. The van der Waals surface area contributed by atoms with Crippen LogP contribution < -0.4 is 20.3 Å². The molecule has 0 saturated heterocycles. The largest absolute Gasteiger partial charge is 0.508 e. The molecule has 2 aromatic carbocycles. The van der Waals surface area contributed by atoms with E-state index < -0.39 is 11.5 Å². The standard InChI is InChI=1S/C27H25N5O4.C9H7NO/c1-5-6-7-8-18(2)32-27(34)22(17-31(32)3)26(33)30-25-12-10-20(16-29-25)36-24-13-14-28-23-15-19(35-4)9-11-21(23)24;11-8-4-3-7-2-1-5-10-9(7)6-8/h5-17H,1H2,2-4H3,(H,29,30,33);1-6,11H/b7-6-,18-8+;. The number of carbonyl (C=O) groups is 1. The van der Waals surface area contributed by atoms with Gasteiger partial charge in [0.25, 0.3) is 11.5 Å². The van der Waals surface area contributed by atoms with Crippen molar-refractivity contribution in [3.63, 3.8) is 0 Å². The van der Waals surface area contributed by atoms with Crippen LogP contribution in [0.5, 0.6) is 23.0 Å². The molecular formula is C36H32N6O5. The van der Waals surface area contributed by atoms with E-state index in [2.05, 4.69) is 26.8 Å². The third-order valence-electron chi connectivity index (χ3n) is 6.92. The number of benzene rings is 2. The number of nitrogens with one attached hydrogen (secondary N) is 1. The average molecular weight is 629 g/mol. The Bertz CT molecular complexity index is 2180. The highest BCUT2D eigenvalue weighted by molar-refractivity contribution is 6.03. The molecule has 47 heavy (non-hydrogen) atoms. The van der Waals surface area contributed by atoms with Gasteiger partial charge in [0.2, 0.25) is 0 Å². The molecule has 0 bridgehead atoms. The first-order valence-corrected chi connectivity index (χ1v) is 14.4. The lowest BCUT2D eigenvalue weighted by Crippen LogP contribution is -2.25. The molecule has 0 aliphatic carbocycles. The molecule has 0 unspecified atom stereocenters. The van der Waals surface area contributed by atoms with Crippen molar-refractivity contribution < 1.29 is 19.4 Å². The van der Waals surface area contributed by atoms with Gasteiger partial charge in [0.1, 0.15) is 34.4 Å². The number of carbonyl (C=O) groups excluding carboxylic acids is 1. The van der Waals surface area contributed by atoms with E-state index >= 15 is 0 Å². The van der Waals surface area contributed by atoms with Crippen LogP contribution in [0.25, 0.3) is 27.5 Å². The van der Waals surface area contributed by atoms with E-state index in [1.54, 1.807) is 92.8 Å². The first-order valence-electron chi connectivity index (χ1n) is 14.4. The molecule has 2 N–H and O–H groups in total. The second-order valence-electron chi connectivity index (χ2n) is 10.2. The highest BCUT2D eigenvalue weighted by atomic mass is 16.5. The van der Waals surface area contributed by atoms with E-state index in [0.29, 0.717) is 22.9 Å². The normalized spacial score (nSPS) is 11.3. The molecule has 0 atom stereocenters. The van der Waals surface area contributed by atoms with Crippen LogP contribution in [0.4, 0.5) is 5.82 Å². The molecule has 0 saturated carbocycles. The van der Waals surface area contributed by atoms with Crippen LogP contribution in [0.3, 0.4) is 0 Å². The molecule has 0 aliphatic rings. The Morgan fingerprint density at radius 1 is 0.957 bits per heavy atom. The Morgan fingerprint density at radius 3 is 2.53 bits per heavy atom. The topological polar surface area (TPSA) is 133 Å². The Hall–Kier alpha value is -6.49. The van der Waals surface area contributed by atoms with Crippen LogP contribution in [0.15, 0.2) is 127 Å². The van der Waals surface area contributed by atoms with Gasteiger partial charge >= 0.3 is 0 Å². The Morgan fingerprint density at radius 2 is 1.77 bits per heavy atom. The minimum Gasteiger partial charge on any atom is -0.508 e. The maximum atomic E-state index is 12.8. The summed E-state index contributed by atoms with van der Waals surface area (Å²) in [6.07, 6.45) is 13.2. The number of allylic oxidation sites excluding steroid dienone is 5. The summed E-state index contributed by atoms with van der Waals surface area (Å²) >= 11 is 0. The summed E-state index contributed by atoms with van der Waals surface area (Å²) in [4.78, 5) is 38.3. The van der Waals surface area contributed by atoms with Crippen LogP contribution in [0.2, 0.25) is 0 Å². The number of pyridine rings is 3. The lowest BCUT2D eigenvalue weighted by Gasteiger charge is -2.10. The monoisotopic (exact) mass is 628 g/mol. The van der Waals surface area contributed by atoms with Gasteiger partial charge in [0, 0.05) is 54.2 Å². The smallest absolute Gasteiger partial charge is 0.283 e. The van der Waals surface area contributed by atoms with Gasteiger partial charge in [-0.25, -0.2) is 9.67 Å². The van der Waals surface area contributed by atoms with Crippen molar-refractivity contribution in [2.24, 2.45) is 7.05 Å². The summed E-state index contributed by atoms with van der Waals surface area (Å²) in [6.45, 7) is 5.39. The third kappa shape index (κ3) is 7.60. The van der Waals surface area contributed by atoms with E-state index in [0.717, 1.165) is 21.8 Å². The summed E-state index contributed by atoms with van der Waals surface area (Å²) in [5.74, 6) is 1.78. The minimum absolute atomic E-state index is 0.00115. The zero-order valence-corrected chi connectivity index (χ0v) is 26.0. The van der Waals surface area contributed by atoms with Gasteiger partial charge < -0.3 is 19.9 Å². The SMILES string of the molecule is C=C/C=C\C=C(/C)n1c(=O)c(C(=O)Nc2ccc(Oc3ccnc4cc(OC)ccc34)cn2)cn1C.Oc1ccc2cccnc2c1. The van der Waals surface area contributed by atoms with Gasteiger partial charge in [-0.05, 0) is 61.5 Å². The predicted octanol–water partition coefficient (Wildman–Crippen LogP) is 6.73. The molecule has 1 amide bonds. The number of ether oxygens (including phenoxy) is 2. The van der Waals surface area contributed by atoms with Crippen LogP contribution in [-0.2, 0) is 7.05 Å². The van der Waals surface area contributed by atoms with Crippen LogP contribution >= 0.6 is 0 Å². The molecule has 11 nitrogen and oxygen atoms in total. The number of amides is 1. The van der Waals surface area contributed by atoms with Crippen LogP contribution in [0, 0.1) is 0 Å². The van der Waals surface area contributed by atoms with E-state index in [1.165, 1.54) is 17.1 Å². The summed E-state index contributed by atoms with van der Waals surface area (Å²) in [5.41, 5.74) is 1.78. The molecule has 4 aromatic heterocycles. The maximum Gasteiger partial charge on any atom is 0.283 e. The Labute approximate surface area is 270 Å². The summed E-state index contributed by atoms with van der Waals surface area (Å²) in [5, 5.41) is 13.6. The van der Waals surface area contributed by atoms with Gasteiger partial charge in [-0.2, -0.15) is 0 Å². The quantitative estimate of drug-likeness (QED) is 0.177. The lowest BCUT2D eigenvalue weighted by atomic mass is 10.2. The molecule has 0 radical (unpaired) electrons. The molecule has 6 aromatic rings. The number of hydrogen-bond acceptors (Lipinski definition) is 8. The van der Waals surface area contributed by atoms with Crippen molar-refractivity contribution in [1.82, 2.24) is 24.3 Å². The average Bonchev–Trinajstić information content (AvgIpc) is 3.39. The molecular weight excluding hydrogens is 596 g/mol. The third-order valence-corrected chi connectivity index (χ3v) is 6.92. The number of nitrogens with zero attached hydrogens (tertiary/aromatic N) is 5. The van der Waals surface area contributed by atoms with Gasteiger partial charge in [0.05, 0.1) is 24.3 Å². The van der Waals surface area contributed by atoms with Gasteiger partial charge in [0.15, 0.2) is 0 Å². The molecule has 0 spiro atoms. The maximum absolute atomic E-state index is 12.8. The molecule has 236 valence electrons. The number of aromatic nitrogens is 5. The molecule has 11 heteroatoms. The van der Waals surface area contributed by atoms with Crippen molar-refractivity contribution in [3.05, 3.63) is 138 Å². The van der Waals surface area contributed by atoms with Gasteiger partial charge in [-0.3, -0.25) is 24.2 Å². The summed E-state index contributed by atoms with van der Waals surface area (Å²) in [6, 6.07) is 19.6. The molecule has 6 rings (SSSR count). The number of aryl methyl sites for hydroxylation is 1. The number of anilines is 1. The van der Waals surface area contributed by atoms with Crippen molar-refractivity contribution >= 4 is 39.2 Å². The number of aromatic hydroxyl groups is 1. The number of phenolic OH excluding ortho intramolecular Hbond substituents is 1. The van der Waals surface area contributed by atoms with Crippen molar-refractivity contribution in [2.75, 3.05) is 12.4 Å². The fourth-order valence-electron chi connectivity index (χ4n) is 4.66. The fourth-order valence-corrected chi connectivity index (χ4v) is 4.66. The van der Waals surface area contributed by atoms with Crippen LogP contribution in [-0.4, -0.2) is 42.4 Å². The summed E-state index contributed by atoms with van der Waals surface area (Å²) < 4.78 is 14.2. The van der Waals surface area contributed by atoms with Gasteiger partial charge in [-0.1, -0.05) is 30.9 Å². The lowest BCUT2D eigenvalue weighted by molar-refractivity contribution is 0.102. The first kappa shape index (κ1) is 31.9. The Kier molecular flexibility index (Phi) is 9.87. The zero-order chi connectivity index (χ0) is 33.3. The Balaban J connectivity index is 0.000000330. The minimum atomic E-state index is -0.556. The van der Waals surface area contributed by atoms with Gasteiger partial charge in [-0.15, -0.1) is 0 Å². The van der Waals surface area contributed by atoms with Crippen molar-refractivity contribution in [2.45, 2.75) is 6.92 Å². The highest BCUT2D eigenvalue weighted by Gasteiger charge is 2.18. The number of hydrogen-bond donors (Lipinski definition) is 2. The van der Waals surface area contributed by atoms with Crippen LogP contribution in [0.1, 0.15) is 17.3 Å². The second-order valence-corrected chi connectivity index (χ2v) is 10.2. The number of methoxy groups -OCH3 is 1. The molecule has 0 aliphatic heterocycles. The fraction of sp³-hybridized carbons (Fsp3) is 0.0833. The number of rotatable bonds is 8. The van der Waals surface area contributed by atoms with E-state index in [-0.39, 0.29) is 17.1 Å². The molecule has 0 fully saturated rings. The second kappa shape index (κ2) is 14.5.